The molecule has 1 atom stereocenters. The average molecular weight is 266 g/mol. The maximum absolute atomic E-state index is 13.9. The number of H-pyrrole nitrogens is 1. The number of carbonyl (C=O) groups excluding carboxylic acids is 1. The van der Waals surface area contributed by atoms with E-state index < -0.39 is 11.7 Å². The number of hydrogen-bond donors (Lipinski definition) is 2. The first kappa shape index (κ1) is 11.2. The fourth-order valence-electron chi connectivity index (χ4n) is 2.25. The zero-order valence-electron chi connectivity index (χ0n) is 9.21. The van der Waals surface area contributed by atoms with Crippen LogP contribution in [-0.2, 0) is 4.79 Å². The molecule has 0 saturated heterocycles. The molecule has 2 heterocycles. The van der Waals surface area contributed by atoms with Gasteiger partial charge in [0.1, 0.15) is 11.6 Å². The molecule has 92 valence electrons. The quantitative estimate of drug-likeness (QED) is 0.833. The van der Waals surface area contributed by atoms with Crippen LogP contribution in [0.4, 0.5) is 10.2 Å². The minimum atomic E-state index is -0.408. The standard InChI is InChI=1S/C12H9ClFN3O/c13-8-2-1-3-9(14)11(8)6-4-10(18)16-12-7(6)5-15-17-12/h1-3,5-6H,4H2,(H2,15,16,17,18). The summed E-state index contributed by atoms with van der Waals surface area (Å²) in [5.74, 6) is -0.484. The molecule has 0 bridgehead atoms. The number of aromatic amines is 1. The second-order valence-electron chi connectivity index (χ2n) is 4.14. The molecule has 0 aliphatic carbocycles. The number of fused-ring (bicyclic) bond motifs is 1. The average Bonchev–Trinajstić information content (AvgIpc) is 2.76. The van der Waals surface area contributed by atoms with Crippen LogP contribution in [0.2, 0.25) is 5.02 Å². The molecule has 2 aromatic rings. The molecular weight excluding hydrogens is 257 g/mol. The van der Waals surface area contributed by atoms with Gasteiger partial charge in [-0.15, -0.1) is 0 Å². The molecule has 3 rings (SSSR count). The van der Waals surface area contributed by atoms with Crippen molar-refractivity contribution >= 4 is 23.3 Å². The summed E-state index contributed by atoms with van der Waals surface area (Å²) in [4.78, 5) is 11.6. The lowest BCUT2D eigenvalue weighted by Crippen LogP contribution is -2.23. The van der Waals surface area contributed by atoms with Gasteiger partial charge >= 0.3 is 0 Å². The van der Waals surface area contributed by atoms with Crippen LogP contribution in [0.5, 0.6) is 0 Å². The van der Waals surface area contributed by atoms with Crippen LogP contribution in [0.1, 0.15) is 23.5 Å². The molecule has 0 fully saturated rings. The van der Waals surface area contributed by atoms with Gasteiger partial charge in [0.25, 0.3) is 0 Å². The second-order valence-corrected chi connectivity index (χ2v) is 4.55. The predicted octanol–water partition coefficient (Wildman–Crippen LogP) is 2.68. The van der Waals surface area contributed by atoms with E-state index in [-0.39, 0.29) is 12.3 Å². The monoisotopic (exact) mass is 265 g/mol. The minimum Gasteiger partial charge on any atom is -0.311 e. The Morgan fingerprint density at radius 1 is 1.44 bits per heavy atom. The molecule has 0 saturated carbocycles. The lowest BCUT2D eigenvalue weighted by atomic mass is 9.87. The van der Waals surface area contributed by atoms with E-state index in [1.165, 1.54) is 6.07 Å². The van der Waals surface area contributed by atoms with Gasteiger partial charge in [-0.3, -0.25) is 9.89 Å². The molecule has 1 amide bonds. The number of nitrogens with zero attached hydrogens (tertiary/aromatic N) is 1. The van der Waals surface area contributed by atoms with Crippen molar-refractivity contribution in [3.05, 3.63) is 46.4 Å². The highest BCUT2D eigenvalue weighted by Gasteiger charge is 2.31. The maximum Gasteiger partial charge on any atom is 0.226 e. The van der Waals surface area contributed by atoms with E-state index in [1.54, 1.807) is 18.3 Å². The van der Waals surface area contributed by atoms with Gasteiger partial charge in [-0.25, -0.2) is 4.39 Å². The zero-order chi connectivity index (χ0) is 12.7. The van der Waals surface area contributed by atoms with Gasteiger partial charge in [0.15, 0.2) is 0 Å². The van der Waals surface area contributed by atoms with Gasteiger partial charge in [0.05, 0.1) is 6.20 Å². The van der Waals surface area contributed by atoms with E-state index >= 15 is 0 Å². The van der Waals surface area contributed by atoms with Gasteiger partial charge in [0, 0.05) is 28.5 Å². The van der Waals surface area contributed by atoms with Gasteiger partial charge < -0.3 is 5.32 Å². The summed E-state index contributed by atoms with van der Waals surface area (Å²) in [5.41, 5.74) is 1.10. The number of rotatable bonds is 1. The van der Waals surface area contributed by atoms with Crippen molar-refractivity contribution in [2.24, 2.45) is 0 Å². The Labute approximate surface area is 107 Å². The Kier molecular flexibility index (Phi) is 2.56. The number of benzene rings is 1. The number of nitrogens with one attached hydrogen (secondary N) is 2. The van der Waals surface area contributed by atoms with Crippen LogP contribution < -0.4 is 5.32 Å². The third-order valence-corrected chi connectivity index (χ3v) is 3.38. The zero-order valence-corrected chi connectivity index (χ0v) is 9.96. The topological polar surface area (TPSA) is 57.8 Å². The molecule has 1 aromatic heterocycles. The largest absolute Gasteiger partial charge is 0.311 e. The van der Waals surface area contributed by atoms with E-state index in [0.29, 0.717) is 16.4 Å². The number of aromatic nitrogens is 2. The summed E-state index contributed by atoms with van der Waals surface area (Å²) in [6, 6.07) is 4.50. The molecule has 6 heteroatoms. The van der Waals surface area contributed by atoms with Gasteiger partial charge in [0.2, 0.25) is 5.91 Å². The highest BCUT2D eigenvalue weighted by Crippen LogP contribution is 2.39. The fourth-order valence-corrected chi connectivity index (χ4v) is 2.54. The van der Waals surface area contributed by atoms with Crippen LogP contribution in [0, 0.1) is 5.82 Å². The summed E-state index contributed by atoms with van der Waals surface area (Å²) >= 11 is 6.04. The van der Waals surface area contributed by atoms with Crippen molar-refractivity contribution in [3.8, 4) is 0 Å². The van der Waals surface area contributed by atoms with E-state index in [9.17, 15) is 9.18 Å². The molecule has 1 unspecified atom stereocenters. The first-order chi connectivity index (χ1) is 8.66. The molecule has 4 nitrogen and oxygen atoms in total. The normalized spacial score (nSPS) is 18.3. The molecule has 1 aromatic carbocycles. The van der Waals surface area contributed by atoms with Gasteiger partial charge in [-0.05, 0) is 12.1 Å². The van der Waals surface area contributed by atoms with E-state index in [0.717, 1.165) is 5.56 Å². The van der Waals surface area contributed by atoms with Crippen molar-refractivity contribution in [1.82, 2.24) is 10.2 Å². The fraction of sp³-hybridized carbons (Fsp3) is 0.167. The van der Waals surface area contributed by atoms with Crippen molar-refractivity contribution in [3.63, 3.8) is 0 Å². The van der Waals surface area contributed by atoms with Gasteiger partial charge in [-0.1, -0.05) is 17.7 Å². The summed E-state index contributed by atoms with van der Waals surface area (Å²) in [6.07, 6.45) is 1.75. The molecule has 1 aliphatic heterocycles. The number of halogens is 2. The first-order valence-corrected chi connectivity index (χ1v) is 5.81. The van der Waals surface area contributed by atoms with Crippen LogP contribution in [0.15, 0.2) is 24.4 Å². The Hall–Kier alpha value is -1.88. The Morgan fingerprint density at radius 2 is 2.28 bits per heavy atom. The molecular formula is C12H9ClFN3O. The SMILES string of the molecule is O=C1CC(c2c(F)cccc2Cl)c2cn[nH]c2N1. The molecule has 1 aliphatic rings. The highest BCUT2D eigenvalue weighted by atomic mass is 35.5. The summed E-state index contributed by atoms with van der Waals surface area (Å²) < 4.78 is 13.9. The highest BCUT2D eigenvalue weighted by molar-refractivity contribution is 6.31. The number of anilines is 1. The molecule has 2 N–H and O–H groups in total. The third kappa shape index (κ3) is 1.67. The van der Waals surface area contributed by atoms with Gasteiger partial charge in [-0.2, -0.15) is 5.10 Å². The third-order valence-electron chi connectivity index (χ3n) is 3.05. The summed E-state index contributed by atoms with van der Waals surface area (Å²) in [5, 5.41) is 9.52. The van der Waals surface area contributed by atoms with Crippen molar-refractivity contribution < 1.29 is 9.18 Å². The van der Waals surface area contributed by atoms with Crippen LogP contribution in [0.3, 0.4) is 0 Å². The Morgan fingerprint density at radius 3 is 3.06 bits per heavy atom. The first-order valence-electron chi connectivity index (χ1n) is 5.44. The lowest BCUT2D eigenvalue weighted by molar-refractivity contribution is -0.116. The molecule has 0 spiro atoms. The van der Waals surface area contributed by atoms with Crippen molar-refractivity contribution in [2.75, 3.05) is 5.32 Å². The summed E-state index contributed by atoms with van der Waals surface area (Å²) in [6.45, 7) is 0. The predicted molar refractivity (Wildman–Crippen MR) is 65.1 cm³/mol. The van der Waals surface area contributed by atoms with E-state index in [4.69, 9.17) is 11.6 Å². The second kappa shape index (κ2) is 4.10. The Bertz CT molecular complexity index is 605. The maximum atomic E-state index is 13.9. The number of amides is 1. The summed E-state index contributed by atoms with van der Waals surface area (Å²) in [7, 11) is 0. The van der Waals surface area contributed by atoms with Crippen LogP contribution in [-0.4, -0.2) is 16.1 Å². The number of carbonyl (C=O) groups is 1. The minimum absolute atomic E-state index is 0.160. The molecule has 18 heavy (non-hydrogen) atoms. The van der Waals surface area contributed by atoms with E-state index in [1.807, 2.05) is 0 Å². The lowest BCUT2D eigenvalue weighted by Gasteiger charge is -2.23. The van der Waals surface area contributed by atoms with Crippen molar-refractivity contribution in [2.45, 2.75) is 12.3 Å². The Balaban J connectivity index is 2.16. The van der Waals surface area contributed by atoms with E-state index in [2.05, 4.69) is 15.5 Å². The smallest absolute Gasteiger partial charge is 0.226 e. The van der Waals surface area contributed by atoms with Crippen molar-refractivity contribution in [1.29, 1.82) is 0 Å². The number of hydrogen-bond acceptors (Lipinski definition) is 2. The molecule has 0 radical (unpaired) electrons. The van der Waals surface area contributed by atoms with Crippen LogP contribution in [0.25, 0.3) is 0 Å². The van der Waals surface area contributed by atoms with Crippen LogP contribution >= 0.6 is 11.6 Å².